The van der Waals surface area contributed by atoms with Crippen molar-refractivity contribution in [3.8, 4) is 5.75 Å². The molecule has 0 radical (unpaired) electrons. The zero-order valence-corrected chi connectivity index (χ0v) is 12.1. The van der Waals surface area contributed by atoms with Crippen molar-refractivity contribution in [2.75, 3.05) is 13.6 Å². The van der Waals surface area contributed by atoms with Gasteiger partial charge >= 0.3 is 0 Å². The van der Waals surface area contributed by atoms with Gasteiger partial charge in [-0.05, 0) is 31.0 Å². The third-order valence-corrected chi connectivity index (χ3v) is 3.35. The number of phenolic OH excluding ortho intramolecular Hbond substituents is 1. The molecule has 0 bridgehead atoms. The summed E-state index contributed by atoms with van der Waals surface area (Å²) < 4.78 is 0.690. The van der Waals surface area contributed by atoms with Gasteiger partial charge in [-0.1, -0.05) is 15.9 Å². The van der Waals surface area contributed by atoms with Crippen molar-refractivity contribution in [1.82, 2.24) is 10.2 Å². The normalized spacial score (nSPS) is 14.0. The Hall–Kier alpha value is -1.56. The molecular formula is C13H15BrN2O3. The van der Waals surface area contributed by atoms with Crippen molar-refractivity contribution in [3.05, 3.63) is 28.2 Å². The second kappa shape index (κ2) is 5.61. The number of carbonyl (C=O) groups excluding carboxylic acids is 2. The number of hydrogen-bond donors (Lipinski definition) is 2. The average Bonchev–Trinajstić information content (AvgIpc) is 3.11. The molecule has 0 spiro atoms. The molecule has 2 N–H and O–H groups in total. The molecule has 5 nitrogen and oxygen atoms in total. The minimum absolute atomic E-state index is 0.00909. The first-order chi connectivity index (χ1) is 8.97. The first-order valence-corrected chi connectivity index (χ1v) is 6.80. The molecule has 1 aromatic carbocycles. The molecule has 0 unspecified atom stereocenters. The van der Waals surface area contributed by atoms with Gasteiger partial charge in [0, 0.05) is 17.6 Å². The van der Waals surface area contributed by atoms with E-state index in [1.165, 1.54) is 24.1 Å². The summed E-state index contributed by atoms with van der Waals surface area (Å²) in [4.78, 5) is 25.0. The van der Waals surface area contributed by atoms with Crippen molar-refractivity contribution in [2.24, 2.45) is 0 Å². The van der Waals surface area contributed by atoms with Gasteiger partial charge in [-0.15, -0.1) is 0 Å². The van der Waals surface area contributed by atoms with E-state index in [2.05, 4.69) is 21.2 Å². The van der Waals surface area contributed by atoms with E-state index in [0.717, 1.165) is 12.8 Å². The minimum atomic E-state index is -0.379. The van der Waals surface area contributed by atoms with E-state index in [9.17, 15) is 14.7 Å². The van der Waals surface area contributed by atoms with Gasteiger partial charge in [-0.25, -0.2) is 0 Å². The van der Waals surface area contributed by atoms with Gasteiger partial charge in [0.25, 0.3) is 5.91 Å². The highest BCUT2D eigenvalue weighted by atomic mass is 79.9. The fourth-order valence-electron chi connectivity index (χ4n) is 1.68. The molecule has 0 aliphatic heterocycles. The van der Waals surface area contributed by atoms with Gasteiger partial charge in [0.15, 0.2) is 0 Å². The summed E-state index contributed by atoms with van der Waals surface area (Å²) in [5.41, 5.74) is 0.185. The maximum Gasteiger partial charge on any atom is 0.257 e. The molecule has 0 aromatic heterocycles. The molecule has 1 fully saturated rings. The van der Waals surface area contributed by atoms with Crippen LogP contribution in [0.15, 0.2) is 22.7 Å². The Morgan fingerprint density at radius 2 is 2.16 bits per heavy atom. The molecule has 2 amide bonds. The van der Waals surface area contributed by atoms with Crippen LogP contribution in [0.2, 0.25) is 0 Å². The second-order valence-electron chi connectivity index (χ2n) is 4.66. The molecule has 1 aromatic rings. The van der Waals surface area contributed by atoms with Crippen LogP contribution in [-0.2, 0) is 4.79 Å². The lowest BCUT2D eigenvalue weighted by molar-refractivity contribution is -0.121. The topological polar surface area (TPSA) is 69.6 Å². The van der Waals surface area contributed by atoms with E-state index in [0.29, 0.717) is 4.47 Å². The number of hydrogen-bond acceptors (Lipinski definition) is 3. The number of amides is 2. The summed E-state index contributed by atoms with van der Waals surface area (Å²) in [5, 5.41) is 12.5. The maximum absolute atomic E-state index is 12.1. The third kappa shape index (κ3) is 3.70. The summed E-state index contributed by atoms with van der Waals surface area (Å²) in [5.74, 6) is -0.653. The van der Waals surface area contributed by atoms with Gasteiger partial charge in [-0.3, -0.25) is 9.59 Å². The predicted molar refractivity (Wildman–Crippen MR) is 73.9 cm³/mol. The predicted octanol–water partition coefficient (Wildman–Crippen LogP) is 1.51. The number of halogens is 1. The van der Waals surface area contributed by atoms with Crippen LogP contribution in [0.4, 0.5) is 0 Å². The van der Waals surface area contributed by atoms with Crippen LogP contribution in [0.25, 0.3) is 0 Å². The van der Waals surface area contributed by atoms with Crippen LogP contribution in [-0.4, -0.2) is 41.5 Å². The largest absolute Gasteiger partial charge is 0.507 e. The summed E-state index contributed by atoms with van der Waals surface area (Å²) >= 11 is 3.21. The molecule has 19 heavy (non-hydrogen) atoms. The zero-order chi connectivity index (χ0) is 14.0. The number of rotatable bonds is 4. The number of likely N-dealkylation sites (N-methyl/N-ethyl adjacent to an activating group) is 1. The average molecular weight is 327 g/mol. The molecule has 0 atom stereocenters. The van der Waals surface area contributed by atoms with Crippen LogP contribution in [0.1, 0.15) is 23.2 Å². The van der Waals surface area contributed by atoms with E-state index in [1.54, 1.807) is 6.07 Å². The lowest BCUT2D eigenvalue weighted by Gasteiger charge is -2.17. The number of nitrogens with zero attached hydrogens (tertiary/aromatic N) is 1. The zero-order valence-electron chi connectivity index (χ0n) is 10.5. The fraction of sp³-hybridized carbons (Fsp3) is 0.385. The van der Waals surface area contributed by atoms with Gasteiger partial charge in [0.2, 0.25) is 5.91 Å². The Balaban J connectivity index is 1.99. The molecule has 1 aliphatic rings. The Bertz CT molecular complexity index is 515. The number of carbonyl (C=O) groups is 2. The SMILES string of the molecule is CN(CC(=O)NC1CC1)C(=O)c1ccc(Br)cc1O. The molecule has 1 saturated carbocycles. The van der Waals surface area contributed by atoms with Crippen molar-refractivity contribution < 1.29 is 14.7 Å². The third-order valence-electron chi connectivity index (χ3n) is 2.86. The molecular weight excluding hydrogens is 312 g/mol. The van der Waals surface area contributed by atoms with Gasteiger partial charge < -0.3 is 15.3 Å². The Morgan fingerprint density at radius 1 is 1.47 bits per heavy atom. The summed E-state index contributed by atoms with van der Waals surface area (Å²) in [6, 6.07) is 4.92. The lowest BCUT2D eigenvalue weighted by atomic mass is 10.2. The Morgan fingerprint density at radius 3 is 2.74 bits per heavy atom. The number of nitrogens with one attached hydrogen (secondary N) is 1. The summed E-state index contributed by atoms with van der Waals surface area (Å²) in [6.45, 7) is -0.00909. The summed E-state index contributed by atoms with van der Waals surface area (Å²) in [7, 11) is 1.54. The number of phenols is 1. The second-order valence-corrected chi connectivity index (χ2v) is 5.58. The number of benzene rings is 1. The lowest BCUT2D eigenvalue weighted by Crippen LogP contribution is -2.39. The van der Waals surface area contributed by atoms with E-state index in [-0.39, 0.29) is 35.7 Å². The van der Waals surface area contributed by atoms with Crippen molar-refractivity contribution in [3.63, 3.8) is 0 Å². The molecule has 102 valence electrons. The maximum atomic E-state index is 12.1. The molecule has 6 heteroatoms. The van der Waals surface area contributed by atoms with Crippen molar-refractivity contribution >= 4 is 27.7 Å². The molecule has 1 aliphatic carbocycles. The Labute approximate surface area is 119 Å². The van der Waals surface area contributed by atoms with E-state index >= 15 is 0 Å². The standard InChI is InChI=1S/C13H15BrN2O3/c1-16(7-12(18)15-9-3-4-9)13(19)10-5-2-8(14)6-11(10)17/h2,5-6,9,17H,3-4,7H2,1H3,(H,15,18). The highest BCUT2D eigenvalue weighted by molar-refractivity contribution is 9.10. The monoisotopic (exact) mass is 326 g/mol. The highest BCUT2D eigenvalue weighted by Gasteiger charge is 2.25. The molecule has 0 heterocycles. The number of aromatic hydroxyl groups is 1. The highest BCUT2D eigenvalue weighted by Crippen LogP contribution is 2.23. The van der Waals surface area contributed by atoms with Gasteiger partial charge in [0.05, 0.1) is 12.1 Å². The van der Waals surface area contributed by atoms with E-state index in [1.807, 2.05) is 0 Å². The quantitative estimate of drug-likeness (QED) is 0.881. The minimum Gasteiger partial charge on any atom is -0.507 e. The molecule has 2 rings (SSSR count). The Kier molecular flexibility index (Phi) is 4.09. The smallest absolute Gasteiger partial charge is 0.257 e. The van der Waals surface area contributed by atoms with Crippen LogP contribution in [0.5, 0.6) is 5.75 Å². The van der Waals surface area contributed by atoms with Gasteiger partial charge in [-0.2, -0.15) is 0 Å². The fourth-order valence-corrected chi connectivity index (χ4v) is 2.03. The summed E-state index contributed by atoms with van der Waals surface area (Å²) in [6.07, 6.45) is 2.02. The first-order valence-electron chi connectivity index (χ1n) is 6.00. The van der Waals surface area contributed by atoms with E-state index < -0.39 is 0 Å². The van der Waals surface area contributed by atoms with Crippen LogP contribution < -0.4 is 5.32 Å². The first kappa shape index (κ1) is 13.9. The van der Waals surface area contributed by atoms with Gasteiger partial charge in [0.1, 0.15) is 5.75 Å². The van der Waals surface area contributed by atoms with Crippen molar-refractivity contribution in [2.45, 2.75) is 18.9 Å². The van der Waals surface area contributed by atoms with E-state index in [4.69, 9.17) is 0 Å². The van der Waals surface area contributed by atoms with Crippen molar-refractivity contribution in [1.29, 1.82) is 0 Å². The van der Waals surface area contributed by atoms with Crippen LogP contribution in [0, 0.1) is 0 Å². The molecule has 0 saturated heterocycles. The van der Waals surface area contributed by atoms with Crippen LogP contribution in [0.3, 0.4) is 0 Å². The van der Waals surface area contributed by atoms with Crippen LogP contribution >= 0.6 is 15.9 Å².